The van der Waals surface area contributed by atoms with E-state index >= 15 is 0 Å². The molecule has 17 rings (SSSR count). The standard InChI is InChI=1S/C29H29BrN2O.C27H33BrN2O.C24H27BrN2O2.C23H24BrClN2O/c1-29(2)16-22-21-14-19(18-8-6-5-7-9-18)10-12-24(21)31-28(27(22)26(33)17-29)20-11-13-25(32(3)4)23(30)15-20;1-26(2,3)17-9-10-21-18(13-17)19-14-27(4,5)15-23(31)24(19)25(29-21)16-8-11-22(30(6)7)20(28)12-16;1-24(2)12-16-15-7-6-8-20(29-5)23(15)26-22(21(16)19(28)13-24)14-9-10-18(27(3)4)17(25)11-14;1-23(2)11-16-15-10-14(25)6-7-18(15)26-22(21(16)20(28)12-23)13-5-8-19(27(3)4)17(24)9-13/h5-15,28,31H,16-17H2,1-4H3;8-13,25,29H,14-15H2,1-7H3;6-11,22,26H,12-13H2,1-5H3;5-10,22,26H,11-12H2,1-4H3. The average molecular weight is 1900 g/mol. The molecule has 9 aromatic carbocycles. The Morgan fingerprint density at radius 2 is 0.686 bits per heavy atom. The number of anilines is 8. The summed E-state index contributed by atoms with van der Waals surface area (Å²) in [4.78, 5) is 61.8. The summed E-state index contributed by atoms with van der Waals surface area (Å²) in [5.41, 5.74) is 29.5. The molecule has 0 radical (unpaired) electrons. The number of nitrogens with one attached hydrogen (secondary N) is 4. The highest BCUT2D eigenvalue weighted by Crippen LogP contribution is 2.58. The number of hydrogen-bond acceptors (Lipinski definition) is 13. The Balaban J connectivity index is 0.000000132. The van der Waals surface area contributed by atoms with Crippen LogP contribution in [0.2, 0.25) is 5.02 Å². The first-order valence-electron chi connectivity index (χ1n) is 41.8. The number of carbonyl (C=O) groups is 4. The summed E-state index contributed by atoms with van der Waals surface area (Å²) in [6.07, 6.45) is 5.87. The van der Waals surface area contributed by atoms with E-state index in [2.05, 4.69) is 320 Å². The van der Waals surface area contributed by atoms with Crippen LogP contribution in [0.15, 0.2) is 216 Å². The van der Waals surface area contributed by atoms with Gasteiger partial charge in [0.25, 0.3) is 0 Å². The second kappa shape index (κ2) is 34.3. The SMILES string of the molecule is CN(C)c1ccc(C2Nc3ccc(-c4ccccc4)cc3C3=C2C(=O)CC(C)(C)C3)cc1Br.CN(C)c1ccc(C2Nc3ccc(C(C)(C)C)cc3C3=C2C(=O)CC(C)(C)C3)cc1Br.CN(C)c1ccc(C2Nc3ccc(Cl)cc3C3=C2C(=O)CC(C)(C)C3)cc1Br.COc1cccc2c1NC(c1ccc(N(C)C)c(Br)c1)C1=C2CC(C)(C)CC1=O. The topological polar surface area (TPSA) is 139 Å². The van der Waals surface area contributed by atoms with Crippen molar-refractivity contribution in [3.05, 3.63) is 271 Å². The lowest BCUT2D eigenvalue weighted by Crippen LogP contribution is -2.33. The van der Waals surface area contributed by atoms with Crippen molar-refractivity contribution in [2.45, 2.75) is 157 Å². The summed E-state index contributed by atoms with van der Waals surface area (Å²) in [7, 11) is 17.9. The van der Waals surface area contributed by atoms with Gasteiger partial charge in [0.05, 0.1) is 59.7 Å². The van der Waals surface area contributed by atoms with E-state index in [0.717, 1.165) is 167 Å². The lowest BCUT2D eigenvalue weighted by molar-refractivity contribution is -0.118. The quantitative estimate of drug-likeness (QED) is 0.103. The van der Waals surface area contributed by atoms with Crippen LogP contribution in [0.1, 0.15) is 202 Å². The molecule has 630 valence electrons. The van der Waals surface area contributed by atoms with Crippen molar-refractivity contribution in [3.8, 4) is 16.9 Å². The van der Waals surface area contributed by atoms with Crippen LogP contribution in [0, 0.1) is 21.7 Å². The van der Waals surface area contributed by atoms with Crippen molar-refractivity contribution in [1.29, 1.82) is 0 Å². The van der Waals surface area contributed by atoms with E-state index in [1.807, 2.05) is 92.8 Å². The molecule has 4 N–H and O–H groups in total. The molecule has 4 atom stereocenters. The minimum absolute atomic E-state index is 0.0256. The fourth-order valence-electron chi connectivity index (χ4n) is 18.9. The molecule has 18 heteroatoms. The molecule has 4 unspecified atom stereocenters. The number of rotatable bonds is 10. The van der Waals surface area contributed by atoms with Crippen molar-refractivity contribution in [2.75, 3.05) is 104 Å². The maximum Gasteiger partial charge on any atom is 0.162 e. The summed E-state index contributed by atoms with van der Waals surface area (Å²) >= 11 is 21.1. The summed E-state index contributed by atoms with van der Waals surface area (Å²) < 4.78 is 9.74. The first-order valence-corrected chi connectivity index (χ1v) is 45.3. The molecule has 13 nitrogen and oxygen atoms in total. The van der Waals surface area contributed by atoms with Gasteiger partial charge in [-0.3, -0.25) is 19.2 Å². The van der Waals surface area contributed by atoms with Crippen LogP contribution in [0.25, 0.3) is 33.4 Å². The number of allylic oxidation sites excluding steroid dienone is 4. The molecule has 0 aromatic heterocycles. The average Bonchev–Trinajstić information content (AvgIpc) is 0.753. The van der Waals surface area contributed by atoms with Crippen LogP contribution in [0.4, 0.5) is 45.5 Å². The summed E-state index contributed by atoms with van der Waals surface area (Å²) in [6.45, 7) is 24.2. The molecule has 0 bridgehead atoms. The van der Waals surface area contributed by atoms with Crippen molar-refractivity contribution < 1.29 is 23.9 Å². The van der Waals surface area contributed by atoms with E-state index in [1.54, 1.807) is 7.11 Å². The lowest BCUT2D eigenvalue weighted by atomic mass is 9.68. The Morgan fingerprint density at radius 1 is 0.355 bits per heavy atom. The van der Waals surface area contributed by atoms with Gasteiger partial charge in [0.2, 0.25) is 0 Å². The van der Waals surface area contributed by atoms with Crippen LogP contribution in [-0.2, 0) is 24.6 Å². The first kappa shape index (κ1) is 88.3. The first-order chi connectivity index (χ1) is 57.0. The smallest absolute Gasteiger partial charge is 0.162 e. The fraction of sp³-hybridized carbons (Fsp3) is 0.359. The zero-order valence-electron chi connectivity index (χ0n) is 73.4. The minimum Gasteiger partial charge on any atom is -0.495 e. The van der Waals surface area contributed by atoms with Crippen molar-refractivity contribution in [3.63, 3.8) is 0 Å². The Morgan fingerprint density at radius 3 is 1.03 bits per heavy atom. The van der Waals surface area contributed by atoms with Gasteiger partial charge in [-0.25, -0.2) is 0 Å². The number of benzene rings is 9. The van der Waals surface area contributed by atoms with Gasteiger partial charge in [-0.2, -0.15) is 0 Å². The molecular formula is C103H113Br4ClN8O5. The van der Waals surface area contributed by atoms with Gasteiger partial charge < -0.3 is 45.6 Å². The number of carbonyl (C=O) groups excluding carboxylic acids is 4. The van der Waals surface area contributed by atoms with Crippen LogP contribution in [0.5, 0.6) is 5.75 Å². The fourth-order valence-corrected chi connectivity index (χ4v) is 22.1. The zero-order chi connectivity index (χ0) is 87.2. The third-order valence-electron chi connectivity index (χ3n) is 24.7. The molecule has 0 spiro atoms. The molecule has 0 amide bonds. The highest BCUT2D eigenvalue weighted by atomic mass is 79.9. The monoisotopic (exact) mass is 1890 g/mol. The van der Waals surface area contributed by atoms with Gasteiger partial charge in [0, 0.05) is 167 Å². The minimum atomic E-state index is -0.190. The number of methoxy groups -OCH3 is 1. The molecule has 121 heavy (non-hydrogen) atoms. The van der Waals surface area contributed by atoms with Crippen molar-refractivity contribution in [2.24, 2.45) is 21.7 Å². The summed E-state index contributed by atoms with van der Waals surface area (Å²) in [6, 6.07) is 60.5. The largest absolute Gasteiger partial charge is 0.495 e. The molecule has 4 aliphatic heterocycles. The number of para-hydroxylation sites is 1. The van der Waals surface area contributed by atoms with Gasteiger partial charge in [0.15, 0.2) is 23.1 Å². The van der Waals surface area contributed by atoms with Crippen molar-refractivity contribution in [1.82, 2.24) is 0 Å². The third-order valence-corrected chi connectivity index (χ3v) is 27.5. The zero-order valence-corrected chi connectivity index (χ0v) is 80.5. The number of fused-ring (bicyclic) bond motifs is 8. The van der Waals surface area contributed by atoms with Crippen LogP contribution in [0.3, 0.4) is 0 Å². The second-order valence-corrected chi connectivity index (χ2v) is 42.6. The van der Waals surface area contributed by atoms with Gasteiger partial charge in [-0.1, -0.05) is 167 Å². The molecule has 4 aliphatic carbocycles. The van der Waals surface area contributed by atoms with Crippen molar-refractivity contribution >= 4 is 166 Å². The highest BCUT2D eigenvalue weighted by molar-refractivity contribution is 9.11. The van der Waals surface area contributed by atoms with E-state index in [0.29, 0.717) is 30.7 Å². The number of nitrogens with zero attached hydrogens (tertiary/aromatic N) is 4. The number of ether oxygens (including phenoxy) is 1. The van der Waals surface area contributed by atoms with E-state index in [1.165, 1.54) is 33.4 Å². The summed E-state index contributed by atoms with van der Waals surface area (Å²) in [5.74, 6) is 1.78. The Bertz CT molecular complexity index is 5800. The molecule has 9 aromatic rings. The van der Waals surface area contributed by atoms with Gasteiger partial charge >= 0.3 is 0 Å². The normalized spacial score (nSPS) is 19.8. The van der Waals surface area contributed by atoms with E-state index in [9.17, 15) is 19.2 Å². The van der Waals surface area contributed by atoms with Crippen LogP contribution in [-0.4, -0.2) is 86.6 Å². The lowest BCUT2D eigenvalue weighted by Gasteiger charge is -2.40. The van der Waals surface area contributed by atoms with Crippen LogP contribution >= 0.6 is 75.3 Å². The van der Waals surface area contributed by atoms with Gasteiger partial charge in [-0.15, -0.1) is 0 Å². The number of Topliss-reactive ketones (excluding diaryl/α,β-unsaturated/α-hetero) is 4. The Labute approximate surface area is 755 Å². The molecule has 0 saturated heterocycles. The summed E-state index contributed by atoms with van der Waals surface area (Å²) in [5, 5.41) is 15.3. The van der Waals surface area contributed by atoms with E-state index in [4.69, 9.17) is 16.3 Å². The third kappa shape index (κ3) is 18.4. The predicted octanol–water partition coefficient (Wildman–Crippen LogP) is 26.9. The maximum absolute atomic E-state index is 13.5. The Kier molecular flexibility index (Phi) is 25.0. The maximum atomic E-state index is 13.5. The predicted molar refractivity (Wildman–Crippen MR) is 521 cm³/mol. The second-order valence-electron chi connectivity index (χ2n) is 38.8. The molecule has 4 heterocycles. The van der Waals surface area contributed by atoms with Gasteiger partial charge in [-0.05, 0) is 275 Å². The van der Waals surface area contributed by atoms with Crippen LogP contribution < -0.4 is 45.6 Å². The molecule has 0 fully saturated rings. The molecule has 8 aliphatic rings. The van der Waals surface area contributed by atoms with E-state index in [-0.39, 0.29) is 74.4 Å². The molecular weight excluding hydrogens is 1780 g/mol. The van der Waals surface area contributed by atoms with E-state index < -0.39 is 0 Å². The number of ketones is 4. The highest BCUT2D eigenvalue weighted by Gasteiger charge is 2.46. The van der Waals surface area contributed by atoms with Gasteiger partial charge in [0.1, 0.15) is 5.75 Å². The Hall–Kier alpha value is -8.97. The molecule has 0 saturated carbocycles. The number of hydrogen-bond donors (Lipinski definition) is 4. The number of halogens is 5.